The molecular formula is C33H44F4N2O15. The van der Waals surface area contributed by atoms with E-state index in [2.05, 4.69) is 15.4 Å². The number of esters is 4. The Balaban J connectivity index is 1.63. The van der Waals surface area contributed by atoms with E-state index in [0.717, 1.165) is 13.8 Å². The molecule has 17 nitrogen and oxygen atoms in total. The zero-order valence-corrected chi connectivity index (χ0v) is 30.1. The van der Waals surface area contributed by atoms with Crippen LogP contribution in [0.2, 0.25) is 0 Å². The molecule has 0 radical (unpaired) electrons. The number of carbonyl (C=O) groups is 6. The first-order chi connectivity index (χ1) is 25.6. The van der Waals surface area contributed by atoms with E-state index in [4.69, 9.17) is 37.9 Å². The molecule has 1 saturated heterocycles. The molecule has 304 valence electrons. The Morgan fingerprint density at radius 2 is 1.33 bits per heavy atom. The third kappa shape index (κ3) is 16.7. The van der Waals surface area contributed by atoms with Crippen LogP contribution in [0.5, 0.6) is 5.75 Å². The number of hydrogen-bond donors (Lipinski definition) is 2. The first-order valence-corrected chi connectivity index (χ1v) is 16.7. The normalized spacial score (nSPS) is 19.4. The number of amides is 2. The molecule has 0 bridgehead atoms. The van der Waals surface area contributed by atoms with E-state index in [1.165, 1.54) is 13.8 Å². The van der Waals surface area contributed by atoms with Crippen LogP contribution in [-0.2, 0) is 66.7 Å². The maximum atomic E-state index is 13.6. The van der Waals surface area contributed by atoms with Gasteiger partial charge in [-0.3, -0.25) is 24.0 Å². The molecule has 2 rings (SSSR count). The van der Waals surface area contributed by atoms with Crippen LogP contribution in [0, 0.1) is 23.3 Å². The summed E-state index contributed by atoms with van der Waals surface area (Å²) in [4.78, 5) is 71.1. The lowest BCUT2D eigenvalue weighted by Gasteiger charge is -2.44. The highest BCUT2D eigenvalue weighted by Crippen LogP contribution is 2.29. The van der Waals surface area contributed by atoms with Gasteiger partial charge in [0.1, 0.15) is 25.4 Å². The molecule has 1 aliphatic heterocycles. The first-order valence-electron chi connectivity index (χ1n) is 16.7. The van der Waals surface area contributed by atoms with Gasteiger partial charge in [0.05, 0.1) is 33.0 Å². The highest BCUT2D eigenvalue weighted by Gasteiger charge is 2.51. The van der Waals surface area contributed by atoms with Crippen LogP contribution in [-0.4, -0.2) is 126 Å². The van der Waals surface area contributed by atoms with Crippen molar-refractivity contribution in [3.8, 4) is 5.75 Å². The minimum absolute atomic E-state index is 0.00557. The van der Waals surface area contributed by atoms with Crippen LogP contribution >= 0.6 is 0 Å². The minimum atomic E-state index is -1.86. The number of rotatable bonds is 23. The fourth-order valence-corrected chi connectivity index (χ4v) is 4.75. The molecule has 0 aromatic heterocycles. The van der Waals surface area contributed by atoms with Crippen molar-refractivity contribution in [3.05, 3.63) is 29.3 Å². The summed E-state index contributed by atoms with van der Waals surface area (Å²) in [7, 11) is 0. The molecule has 54 heavy (non-hydrogen) atoms. The summed E-state index contributed by atoms with van der Waals surface area (Å²) >= 11 is 0. The Bertz CT molecular complexity index is 1410. The topological polar surface area (TPSA) is 210 Å². The number of nitrogens with one attached hydrogen (secondary N) is 2. The number of halogens is 4. The van der Waals surface area contributed by atoms with Gasteiger partial charge in [-0.2, -0.15) is 8.78 Å². The predicted molar refractivity (Wildman–Crippen MR) is 171 cm³/mol. The fourth-order valence-electron chi connectivity index (χ4n) is 4.75. The van der Waals surface area contributed by atoms with Gasteiger partial charge in [-0.15, -0.1) is 0 Å². The molecule has 1 fully saturated rings. The van der Waals surface area contributed by atoms with Crippen molar-refractivity contribution in [3.63, 3.8) is 0 Å². The number of hydrogen-bond acceptors (Lipinski definition) is 15. The second-order valence-corrected chi connectivity index (χ2v) is 11.4. The van der Waals surface area contributed by atoms with Gasteiger partial charge in [-0.05, 0) is 12.8 Å². The molecule has 0 saturated carbocycles. The van der Waals surface area contributed by atoms with Crippen molar-refractivity contribution in [2.24, 2.45) is 0 Å². The summed E-state index contributed by atoms with van der Waals surface area (Å²) in [5, 5.41) is 5.28. The Hall–Kier alpha value is -4.44. The third-order valence-corrected chi connectivity index (χ3v) is 6.97. The van der Waals surface area contributed by atoms with Crippen LogP contribution in [0.15, 0.2) is 6.07 Å². The lowest BCUT2D eigenvalue weighted by atomic mass is 9.96. The van der Waals surface area contributed by atoms with Gasteiger partial charge in [-0.25, -0.2) is 13.6 Å². The fraction of sp³-hybridized carbons (Fsp3) is 0.636. The highest BCUT2D eigenvalue weighted by molar-refractivity contribution is 5.76. The summed E-state index contributed by atoms with van der Waals surface area (Å²) in [6.07, 6.45) is -3.90. The van der Waals surface area contributed by atoms with Gasteiger partial charge < -0.3 is 53.3 Å². The van der Waals surface area contributed by atoms with E-state index in [-0.39, 0.29) is 71.2 Å². The molecule has 0 unspecified atom stereocenters. The monoisotopic (exact) mass is 784 g/mol. The minimum Gasteiger partial charge on any atom is -0.463 e. The largest absolute Gasteiger partial charge is 0.463 e. The summed E-state index contributed by atoms with van der Waals surface area (Å²) in [5.41, 5.74) is 0. The van der Waals surface area contributed by atoms with Crippen LogP contribution in [0.3, 0.4) is 0 Å². The molecule has 2 N–H and O–H groups in total. The molecule has 2 amide bonds. The quantitative estimate of drug-likeness (QED) is 0.0399. The van der Waals surface area contributed by atoms with Crippen molar-refractivity contribution in [2.75, 3.05) is 59.4 Å². The van der Waals surface area contributed by atoms with Gasteiger partial charge in [-0.1, -0.05) is 0 Å². The number of carbonyl (C=O) groups excluding carboxylic acids is 6. The zero-order valence-electron chi connectivity index (χ0n) is 30.1. The number of unbranched alkanes of at least 4 members (excludes halogenated alkanes) is 1. The van der Waals surface area contributed by atoms with Gasteiger partial charge in [0, 0.05) is 53.3 Å². The van der Waals surface area contributed by atoms with Crippen molar-refractivity contribution in [2.45, 2.75) is 77.6 Å². The predicted octanol–water partition coefficient (Wildman–Crippen LogP) is 1.16. The van der Waals surface area contributed by atoms with E-state index in [1.54, 1.807) is 0 Å². The van der Waals surface area contributed by atoms with Crippen LogP contribution < -0.4 is 15.4 Å². The van der Waals surface area contributed by atoms with Crippen molar-refractivity contribution in [1.82, 2.24) is 10.6 Å². The average Bonchev–Trinajstić information content (AvgIpc) is 3.08. The number of benzene rings is 1. The Morgan fingerprint density at radius 3 is 1.93 bits per heavy atom. The molecule has 1 heterocycles. The molecule has 1 aliphatic rings. The molecular weight excluding hydrogens is 740 g/mol. The van der Waals surface area contributed by atoms with Crippen molar-refractivity contribution in [1.29, 1.82) is 0 Å². The van der Waals surface area contributed by atoms with Crippen LogP contribution in [0.4, 0.5) is 17.6 Å². The molecule has 5 atom stereocenters. The van der Waals surface area contributed by atoms with E-state index >= 15 is 0 Å². The third-order valence-electron chi connectivity index (χ3n) is 6.97. The van der Waals surface area contributed by atoms with E-state index in [0.29, 0.717) is 12.8 Å². The van der Waals surface area contributed by atoms with E-state index < -0.39 is 96.1 Å². The summed E-state index contributed by atoms with van der Waals surface area (Å²) in [6, 6.07) is -1.13. The smallest absolute Gasteiger partial charge is 0.337 e. The van der Waals surface area contributed by atoms with E-state index in [1.807, 2.05) is 0 Å². The van der Waals surface area contributed by atoms with Gasteiger partial charge >= 0.3 is 23.9 Å². The van der Waals surface area contributed by atoms with Crippen LogP contribution in [0.1, 0.15) is 47.0 Å². The van der Waals surface area contributed by atoms with Crippen molar-refractivity contribution < 1.29 is 89.0 Å². The molecule has 1 aromatic carbocycles. The van der Waals surface area contributed by atoms with Gasteiger partial charge in [0.25, 0.3) is 0 Å². The van der Waals surface area contributed by atoms with E-state index in [9.17, 15) is 46.3 Å². The summed E-state index contributed by atoms with van der Waals surface area (Å²) in [6.45, 7) is 4.10. The lowest BCUT2D eigenvalue weighted by molar-refractivity contribution is -0.277. The van der Waals surface area contributed by atoms with Crippen molar-refractivity contribution >= 4 is 35.7 Å². The van der Waals surface area contributed by atoms with Gasteiger partial charge in [0.15, 0.2) is 30.1 Å². The Morgan fingerprint density at radius 1 is 0.741 bits per heavy atom. The molecule has 21 heteroatoms. The first kappa shape index (κ1) is 45.7. The molecule has 1 aromatic rings. The van der Waals surface area contributed by atoms with Crippen LogP contribution in [0.25, 0.3) is 0 Å². The SMILES string of the molecule is CC(=O)N[C@H]1[C@H](OCCCCC(=O)NCCOCCOCCOCC(=O)Oc2c(F)c(F)cc(F)c2F)O[C@H](COC(C)=O)[C@H](OC(C)=O)[C@@H]1OC(C)=O. The number of ether oxygens (including phenoxy) is 9. The van der Waals surface area contributed by atoms with Gasteiger partial charge in [0.2, 0.25) is 29.2 Å². The molecule has 0 spiro atoms. The maximum Gasteiger partial charge on any atom is 0.337 e. The lowest BCUT2D eigenvalue weighted by Crippen LogP contribution is -2.66. The standard InChI is InChI=1S/C33H44F4N2O15/c1-18(40)39-29-32(52-21(4)43)30(51-20(3)42)24(16-50-19(2)41)53-33(29)49-9-6-5-7-25(44)38-8-10-46-11-12-47-13-14-48-17-26(45)54-31-27(36)22(34)15-23(35)28(31)37/h15,24,29-30,32-33H,5-14,16-17H2,1-4H3,(H,38,44)(H,39,40)/t24-,29-,30+,32-,33-/m1/s1. The zero-order chi connectivity index (χ0) is 40.2. The Kier molecular flexibility index (Phi) is 20.4. The molecule has 0 aliphatic carbocycles. The Labute approximate surface area is 307 Å². The average molecular weight is 785 g/mol. The maximum absolute atomic E-state index is 13.6. The second kappa shape index (κ2) is 24.1. The summed E-state index contributed by atoms with van der Waals surface area (Å²) < 4.78 is 101. The second-order valence-electron chi connectivity index (χ2n) is 11.4. The highest BCUT2D eigenvalue weighted by atomic mass is 19.2. The summed E-state index contributed by atoms with van der Waals surface area (Å²) in [5.74, 6) is -12.9.